The molecule has 2 aliphatic heterocycles. The number of nitrogens with zero attached hydrogens (tertiary/aromatic N) is 1. The molecule has 0 aromatic heterocycles. The van der Waals surface area contributed by atoms with Crippen molar-refractivity contribution in [3.63, 3.8) is 0 Å². The molecule has 0 aliphatic carbocycles. The van der Waals surface area contributed by atoms with Crippen LogP contribution in [0.3, 0.4) is 0 Å². The maximum Gasteiger partial charge on any atom is 0.263 e. The molecule has 0 unspecified atom stereocenters. The average Bonchev–Trinajstić information content (AvgIpc) is 2.73. The predicted octanol–water partition coefficient (Wildman–Crippen LogP) is 4.15. The van der Waals surface area contributed by atoms with Gasteiger partial charge in [0.1, 0.15) is 11.9 Å². The third-order valence-corrected chi connectivity index (χ3v) is 5.62. The molecule has 29 heavy (non-hydrogen) atoms. The zero-order valence-electron chi connectivity index (χ0n) is 16.6. The second kappa shape index (κ2) is 9.57. The van der Waals surface area contributed by atoms with Gasteiger partial charge in [0, 0.05) is 11.1 Å². The van der Waals surface area contributed by atoms with Gasteiger partial charge in [-0.2, -0.15) is 0 Å². The Morgan fingerprint density at radius 1 is 1.14 bits per heavy atom. The summed E-state index contributed by atoms with van der Waals surface area (Å²) >= 11 is 0. The van der Waals surface area contributed by atoms with Crippen LogP contribution < -0.4 is 0 Å². The van der Waals surface area contributed by atoms with Crippen molar-refractivity contribution in [2.45, 2.75) is 30.8 Å². The molecule has 1 N–H and O–H groups in total. The van der Waals surface area contributed by atoms with Gasteiger partial charge in [0.2, 0.25) is 0 Å². The minimum Gasteiger partial charge on any atom is -0.380 e. The highest BCUT2D eigenvalue weighted by molar-refractivity contribution is 5.75. The van der Waals surface area contributed by atoms with Crippen LogP contribution in [0.25, 0.3) is 0 Å². The van der Waals surface area contributed by atoms with Crippen LogP contribution in [0, 0.1) is 0 Å². The lowest BCUT2D eigenvalue weighted by Gasteiger charge is -2.36. The SMILES string of the molecule is CN1CCC(c2ccc(C(F)F)cc2)CC1.O=Cc1cccc(C2(O)COC2)c1. The molecule has 0 atom stereocenters. The van der Waals surface area contributed by atoms with E-state index in [-0.39, 0.29) is 5.56 Å². The molecule has 2 aliphatic rings. The van der Waals surface area contributed by atoms with Crippen molar-refractivity contribution in [2.75, 3.05) is 33.4 Å². The van der Waals surface area contributed by atoms with E-state index in [1.165, 1.54) is 5.56 Å². The number of aldehydes is 1. The Balaban J connectivity index is 0.000000169. The van der Waals surface area contributed by atoms with E-state index in [9.17, 15) is 18.7 Å². The Hall–Kier alpha value is -2.15. The maximum absolute atomic E-state index is 12.4. The van der Waals surface area contributed by atoms with E-state index < -0.39 is 12.0 Å². The summed E-state index contributed by atoms with van der Waals surface area (Å²) in [4.78, 5) is 12.8. The van der Waals surface area contributed by atoms with E-state index in [4.69, 9.17) is 4.74 Å². The van der Waals surface area contributed by atoms with Crippen molar-refractivity contribution in [3.8, 4) is 0 Å². The topological polar surface area (TPSA) is 49.8 Å². The molecule has 2 aromatic rings. The lowest BCUT2D eigenvalue weighted by molar-refractivity contribution is -0.184. The van der Waals surface area contributed by atoms with Crippen molar-refractivity contribution in [1.29, 1.82) is 0 Å². The zero-order valence-corrected chi connectivity index (χ0v) is 16.6. The molecule has 156 valence electrons. The minimum atomic E-state index is -2.36. The first-order valence-corrected chi connectivity index (χ1v) is 9.84. The van der Waals surface area contributed by atoms with Crippen LogP contribution in [0.4, 0.5) is 8.78 Å². The molecule has 0 amide bonds. The second-order valence-corrected chi connectivity index (χ2v) is 7.81. The molecule has 0 radical (unpaired) electrons. The molecule has 6 heteroatoms. The van der Waals surface area contributed by atoms with Crippen molar-refractivity contribution in [1.82, 2.24) is 4.90 Å². The second-order valence-electron chi connectivity index (χ2n) is 7.81. The van der Waals surface area contributed by atoms with E-state index in [0.29, 0.717) is 24.7 Å². The fourth-order valence-electron chi connectivity index (χ4n) is 3.62. The Morgan fingerprint density at radius 2 is 1.79 bits per heavy atom. The molecule has 2 fully saturated rings. The third-order valence-electron chi connectivity index (χ3n) is 5.62. The molecule has 2 heterocycles. The van der Waals surface area contributed by atoms with E-state index in [0.717, 1.165) is 37.8 Å². The summed E-state index contributed by atoms with van der Waals surface area (Å²) in [6.45, 7) is 2.83. The number of aliphatic hydroxyl groups is 1. The van der Waals surface area contributed by atoms with Gasteiger partial charge >= 0.3 is 0 Å². The van der Waals surface area contributed by atoms with E-state index >= 15 is 0 Å². The summed E-state index contributed by atoms with van der Waals surface area (Å²) in [6, 6.07) is 13.8. The molecule has 0 bridgehead atoms. The molecule has 2 saturated heterocycles. The summed E-state index contributed by atoms with van der Waals surface area (Å²) in [5.74, 6) is 0.544. The fraction of sp³-hybridized carbons (Fsp3) is 0.435. The van der Waals surface area contributed by atoms with E-state index in [1.54, 1.807) is 36.4 Å². The number of carbonyl (C=O) groups excluding carboxylic acids is 1. The van der Waals surface area contributed by atoms with Crippen molar-refractivity contribution in [2.24, 2.45) is 0 Å². The Labute approximate surface area is 170 Å². The highest BCUT2D eigenvalue weighted by Crippen LogP contribution is 2.30. The smallest absolute Gasteiger partial charge is 0.263 e. The van der Waals surface area contributed by atoms with E-state index in [1.807, 2.05) is 12.1 Å². The summed E-state index contributed by atoms with van der Waals surface area (Å²) in [5, 5.41) is 9.86. The minimum absolute atomic E-state index is 0.122. The number of hydrogen-bond acceptors (Lipinski definition) is 4. The molecular formula is C23H27F2NO3. The third kappa shape index (κ3) is 5.47. The Morgan fingerprint density at radius 3 is 2.31 bits per heavy atom. The first-order valence-electron chi connectivity index (χ1n) is 9.84. The first-order chi connectivity index (χ1) is 13.9. The number of rotatable bonds is 4. The number of hydrogen-bond donors (Lipinski definition) is 1. The van der Waals surface area contributed by atoms with Crippen LogP contribution in [0.2, 0.25) is 0 Å². The summed E-state index contributed by atoms with van der Waals surface area (Å²) in [5.41, 5.74) is 1.79. The number of alkyl halides is 2. The number of carbonyl (C=O) groups is 1. The monoisotopic (exact) mass is 403 g/mol. The molecule has 2 aromatic carbocycles. The van der Waals surface area contributed by atoms with Crippen LogP contribution in [-0.4, -0.2) is 49.6 Å². The number of benzene rings is 2. The van der Waals surface area contributed by atoms with Crippen molar-refractivity contribution in [3.05, 3.63) is 70.8 Å². The summed E-state index contributed by atoms with van der Waals surface area (Å²) in [7, 11) is 2.12. The lowest BCUT2D eigenvalue weighted by Crippen LogP contribution is -2.46. The van der Waals surface area contributed by atoms with Gasteiger partial charge in [0.15, 0.2) is 0 Å². The largest absolute Gasteiger partial charge is 0.380 e. The lowest BCUT2D eigenvalue weighted by atomic mass is 9.89. The first kappa shape index (κ1) is 21.6. The number of piperidine rings is 1. The van der Waals surface area contributed by atoms with Crippen LogP contribution in [0.5, 0.6) is 0 Å². The van der Waals surface area contributed by atoms with Crippen molar-refractivity contribution < 1.29 is 23.4 Å². The van der Waals surface area contributed by atoms with E-state index in [2.05, 4.69) is 11.9 Å². The number of halogens is 2. The van der Waals surface area contributed by atoms with Crippen LogP contribution in [0.1, 0.15) is 52.2 Å². The average molecular weight is 403 g/mol. The van der Waals surface area contributed by atoms with Crippen LogP contribution in [-0.2, 0) is 10.3 Å². The zero-order chi connectivity index (χ0) is 20.9. The van der Waals surface area contributed by atoms with Crippen LogP contribution >= 0.6 is 0 Å². The number of ether oxygens (including phenoxy) is 1. The van der Waals surface area contributed by atoms with Crippen LogP contribution in [0.15, 0.2) is 48.5 Å². The van der Waals surface area contributed by atoms with Gasteiger partial charge in [-0.15, -0.1) is 0 Å². The molecule has 4 rings (SSSR count). The van der Waals surface area contributed by atoms with Gasteiger partial charge in [-0.25, -0.2) is 8.78 Å². The van der Waals surface area contributed by atoms with Gasteiger partial charge in [-0.05, 0) is 56.1 Å². The Kier molecular flexibility index (Phi) is 7.11. The van der Waals surface area contributed by atoms with Gasteiger partial charge in [-0.3, -0.25) is 4.79 Å². The highest BCUT2D eigenvalue weighted by atomic mass is 19.3. The predicted molar refractivity (Wildman–Crippen MR) is 107 cm³/mol. The van der Waals surface area contributed by atoms with Gasteiger partial charge < -0.3 is 14.7 Å². The Bertz CT molecular complexity index is 798. The highest BCUT2D eigenvalue weighted by Gasteiger charge is 2.37. The maximum atomic E-state index is 12.4. The fourth-order valence-corrected chi connectivity index (χ4v) is 3.62. The van der Waals surface area contributed by atoms with Gasteiger partial charge in [-0.1, -0.05) is 42.5 Å². The normalized spacial score (nSPS) is 19.2. The van der Waals surface area contributed by atoms with Gasteiger partial charge in [0.25, 0.3) is 6.43 Å². The molecule has 0 saturated carbocycles. The molecule has 4 nitrogen and oxygen atoms in total. The van der Waals surface area contributed by atoms with Crippen molar-refractivity contribution >= 4 is 6.29 Å². The van der Waals surface area contributed by atoms with Gasteiger partial charge in [0.05, 0.1) is 13.2 Å². The standard InChI is InChI=1S/C13H17F2N.C10H10O3/c1-16-8-6-11(7-9-16)10-2-4-12(5-3-10)13(14)15;11-5-8-2-1-3-9(4-8)10(12)6-13-7-10/h2-5,11,13H,6-9H2,1H3;1-5,12H,6-7H2. The summed E-state index contributed by atoms with van der Waals surface area (Å²) < 4.78 is 29.7. The quantitative estimate of drug-likeness (QED) is 0.780. The molecule has 0 spiro atoms. The number of likely N-dealkylation sites (tertiary alicyclic amines) is 1. The summed E-state index contributed by atoms with van der Waals surface area (Å²) in [6.07, 6.45) is 0.674. The molecular weight excluding hydrogens is 376 g/mol.